The molecule has 1 unspecified atom stereocenters. The van der Waals surface area contributed by atoms with Gasteiger partial charge in [0.05, 0.1) is 13.2 Å². The highest BCUT2D eigenvalue weighted by molar-refractivity contribution is 7.07. The van der Waals surface area contributed by atoms with Gasteiger partial charge in [0.1, 0.15) is 11.6 Å². The van der Waals surface area contributed by atoms with E-state index in [9.17, 15) is 4.79 Å². The molecule has 1 aromatic carbocycles. The number of amides is 1. The first kappa shape index (κ1) is 17.4. The number of hydrogen-bond acceptors (Lipinski definition) is 4. The summed E-state index contributed by atoms with van der Waals surface area (Å²) in [6, 6.07) is 10.2. The molecule has 1 fully saturated rings. The molecule has 24 heavy (non-hydrogen) atoms. The van der Waals surface area contributed by atoms with Crippen molar-refractivity contribution in [2.75, 3.05) is 19.7 Å². The fraction of sp³-hybridized carbons (Fsp3) is 0.389. The van der Waals surface area contributed by atoms with Gasteiger partial charge >= 0.3 is 0 Å². The van der Waals surface area contributed by atoms with Gasteiger partial charge in [0, 0.05) is 6.54 Å². The Morgan fingerprint density at radius 3 is 2.58 bits per heavy atom. The summed E-state index contributed by atoms with van der Waals surface area (Å²) in [4.78, 5) is 14.9. The second-order valence-corrected chi connectivity index (χ2v) is 7.23. The molecule has 4 nitrogen and oxygen atoms in total. The van der Waals surface area contributed by atoms with E-state index >= 15 is 0 Å². The summed E-state index contributed by atoms with van der Waals surface area (Å²) in [6.45, 7) is 1.77. The van der Waals surface area contributed by atoms with Gasteiger partial charge < -0.3 is 15.4 Å². The van der Waals surface area contributed by atoms with Crippen LogP contribution in [0.25, 0.3) is 0 Å². The summed E-state index contributed by atoms with van der Waals surface area (Å²) in [7, 11) is 0. The van der Waals surface area contributed by atoms with Crippen LogP contribution >= 0.6 is 23.7 Å². The lowest BCUT2D eigenvalue weighted by Gasteiger charge is -2.37. The second-order valence-electron chi connectivity index (χ2n) is 6.45. The van der Waals surface area contributed by atoms with Crippen molar-refractivity contribution in [3.8, 4) is 0 Å². The normalized spacial score (nSPS) is 21.9. The number of benzene rings is 1. The predicted molar refractivity (Wildman–Crippen MR) is 97.6 cm³/mol. The van der Waals surface area contributed by atoms with Crippen LogP contribution in [-0.4, -0.2) is 36.0 Å². The Bertz CT molecular complexity index is 695. The Labute approximate surface area is 152 Å². The Balaban J connectivity index is 0.00000169. The molecule has 1 atom stereocenters. The average molecular weight is 365 g/mol. The standard InChI is InChI=1S/C18H20N2O2S.ClH/c19-18(9-13-3-1-2-4-14(13)10-18)17(21)20-6-7-22-16(11-20)15-5-8-23-12-15;/h1-5,8,12,16H,6-7,9-11,19H2;1H. The van der Waals surface area contributed by atoms with Crippen LogP contribution in [0.3, 0.4) is 0 Å². The molecule has 1 aromatic heterocycles. The minimum Gasteiger partial charge on any atom is -0.370 e. The van der Waals surface area contributed by atoms with E-state index in [4.69, 9.17) is 10.5 Å². The van der Waals surface area contributed by atoms with Gasteiger partial charge in [-0.3, -0.25) is 4.79 Å². The second kappa shape index (κ2) is 6.84. The van der Waals surface area contributed by atoms with Crippen molar-refractivity contribution in [3.05, 3.63) is 57.8 Å². The minimum atomic E-state index is -0.805. The number of ether oxygens (including phenoxy) is 1. The van der Waals surface area contributed by atoms with E-state index in [2.05, 4.69) is 23.6 Å². The van der Waals surface area contributed by atoms with Crippen molar-refractivity contribution < 1.29 is 9.53 Å². The Kier molecular flexibility index (Phi) is 4.97. The summed E-state index contributed by atoms with van der Waals surface area (Å²) < 4.78 is 5.83. The summed E-state index contributed by atoms with van der Waals surface area (Å²) in [5, 5.41) is 4.12. The summed E-state index contributed by atoms with van der Waals surface area (Å²) in [5.41, 5.74) is 9.26. The van der Waals surface area contributed by atoms with Crippen molar-refractivity contribution in [1.82, 2.24) is 4.90 Å². The van der Waals surface area contributed by atoms with Crippen LogP contribution in [0.5, 0.6) is 0 Å². The topological polar surface area (TPSA) is 55.6 Å². The number of morpholine rings is 1. The number of thiophene rings is 1. The molecule has 0 saturated carbocycles. The lowest BCUT2D eigenvalue weighted by atomic mass is 9.94. The number of rotatable bonds is 2. The van der Waals surface area contributed by atoms with E-state index in [1.54, 1.807) is 11.3 Å². The molecule has 2 aliphatic rings. The maximum absolute atomic E-state index is 13.1. The van der Waals surface area contributed by atoms with Gasteiger partial charge in [-0.2, -0.15) is 11.3 Å². The first-order valence-corrected chi connectivity index (χ1v) is 8.89. The van der Waals surface area contributed by atoms with Crippen LogP contribution in [0.4, 0.5) is 0 Å². The summed E-state index contributed by atoms with van der Waals surface area (Å²) in [5.74, 6) is 0.0530. The van der Waals surface area contributed by atoms with Crippen LogP contribution in [0, 0.1) is 0 Å². The number of halogens is 1. The SMILES string of the molecule is Cl.NC1(C(=O)N2CCOC(c3ccsc3)C2)Cc2ccccc2C1. The molecule has 0 bridgehead atoms. The lowest BCUT2D eigenvalue weighted by molar-refractivity contribution is -0.144. The molecule has 2 aromatic rings. The Morgan fingerprint density at radius 2 is 1.96 bits per heavy atom. The minimum absolute atomic E-state index is 0. The molecule has 2 heterocycles. The maximum atomic E-state index is 13.1. The highest BCUT2D eigenvalue weighted by Crippen LogP contribution is 2.31. The third kappa shape index (κ3) is 3.09. The lowest BCUT2D eigenvalue weighted by Crippen LogP contribution is -2.58. The first-order chi connectivity index (χ1) is 11.2. The predicted octanol–water partition coefficient (Wildman–Crippen LogP) is 2.57. The molecule has 1 aliphatic carbocycles. The largest absolute Gasteiger partial charge is 0.370 e. The summed E-state index contributed by atoms with van der Waals surface area (Å²) in [6.07, 6.45) is 1.22. The molecule has 6 heteroatoms. The van der Waals surface area contributed by atoms with Crippen LogP contribution in [0.2, 0.25) is 0 Å². The van der Waals surface area contributed by atoms with Crippen LogP contribution in [0.1, 0.15) is 22.8 Å². The molecule has 4 rings (SSSR count). The van der Waals surface area contributed by atoms with Gasteiger partial charge in [0.25, 0.3) is 0 Å². The Morgan fingerprint density at radius 1 is 1.25 bits per heavy atom. The quantitative estimate of drug-likeness (QED) is 0.891. The van der Waals surface area contributed by atoms with E-state index in [1.165, 1.54) is 11.1 Å². The number of nitrogens with zero attached hydrogens (tertiary/aromatic N) is 1. The van der Waals surface area contributed by atoms with E-state index in [0.29, 0.717) is 32.5 Å². The monoisotopic (exact) mass is 364 g/mol. The zero-order valence-electron chi connectivity index (χ0n) is 13.3. The zero-order chi connectivity index (χ0) is 15.9. The molecule has 1 saturated heterocycles. The van der Waals surface area contributed by atoms with E-state index < -0.39 is 5.54 Å². The van der Waals surface area contributed by atoms with Gasteiger partial charge in [0.2, 0.25) is 5.91 Å². The molecular weight excluding hydrogens is 344 g/mol. The number of nitrogens with two attached hydrogens (primary N) is 1. The van der Waals surface area contributed by atoms with Gasteiger partial charge in [-0.05, 0) is 46.4 Å². The van der Waals surface area contributed by atoms with Crippen LogP contribution in [0.15, 0.2) is 41.1 Å². The molecule has 0 radical (unpaired) electrons. The van der Waals surface area contributed by atoms with Crippen molar-refractivity contribution in [2.45, 2.75) is 24.5 Å². The van der Waals surface area contributed by atoms with Crippen molar-refractivity contribution in [2.24, 2.45) is 5.73 Å². The van der Waals surface area contributed by atoms with E-state index in [0.717, 1.165) is 5.56 Å². The highest BCUT2D eigenvalue weighted by Gasteiger charge is 2.43. The van der Waals surface area contributed by atoms with Crippen molar-refractivity contribution in [1.29, 1.82) is 0 Å². The molecule has 1 aliphatic heterocycles. The fourth-order valence-electron chi connectivity index (χ4n) is 3.60. The molecule has 1 amide bonds. The fourth-order valence-corrected chi connectivity index (χ4v) is 4.31. The third-order valence-corrected chi connectivity index (χ3v) is 5.53. The van der Waals surface area contributed by atoms with Gasteiger partial charge in [-0.15, -0.1) is 12.4 Å². The van der Waals surface area contributed by atoms with Crippen LogP contribution in [-0.2, 0) is 22.4 Å². The number of fused-ring (bicyclic) bond motifs is 1. The number of carbonyl (C=O) groups excluding carboxylic acids is 1. The van der Waals surface area contributed by atoms with Crippen LogP contribution < -0.4 is 5.73 Å². The number of hydrogen-bond donors (Lipinski definition) is 1. The average Bonchev–Trinajstić information content (AvgIpc) is 3.21. The highest BCUT2D eigenvalue weighted by atomic mass is 35.5. The Hall–Kier alpha value is -1.40. The van der Waals surface area contributed by atoms with E-state index in [-0.39, 0.29) is 24.4 Å². The van der Waals surface area contributed by atoms with Crippen molar-refractivity contribution >= 4 is 29.7 Å². The van der Waals surface area contributed by atoms with E-state index in [1.807, 2.05) is 22.4 Å². The maximum Gasteiger partial charge on any atom is 0.243 e. The van der Waals surface area contributed by atoms with Gasteiger partial charge in [-0.1, -0.05) is 24.3 Å². The zero-order valence-corrected chi connectivity index (χ0v) is 14.9. The van der Waals surface area contributed by atoms with Gasteiger partial charge in [0.15, 0.2) is 0 Å². The third-order valence-electron chi connectivity index (χ3n) is 4.82. The smallest absolute Gasteiger partial charge is 0.243 e. The molecule has 128 valence electrons. The number of carbonyl (C=O) groups is 1. The summed E-state index contributed by atoms with van der Waals surface area (Å²) >= 11 is 1.65. The molecule has 0 spiro atoms. The van der Waals surface area contributed by atoms with Crippen molar-refractivity contribution in [3.63, 3.8) is 0 Å². The molecule has 2 N–H and O–H groups in total. The molecular formula is C18H21ClN2O2S. The first-order valence-electron chi connectivity index (χ1n) is 7.94. The van der Waals surface area contributed by atoms with Gasteiger partial charge in [-0.25, -0.2) is 0 Å².